The van der Waals surface area contributed by atoms with Crippen LogP contribution >= 0.6 is 0 Å². The van der Waals surface area contributed by atoms with E-state index in [-0.39, 0.29) is 29.8 Å². The van der Waals surface area contributed by atoms with Gasteiger partial charge in [0.25, 0.3) is 0 Å². The maximum absolute atomic E-state index is 13.3. The van der Waals surface area contributed by atoms with Gasteiger partial charge in [-0.1, -0.05) is 18.6 Å². The molecule has 3 fully saturated rings. The minimum Gasteiger partial charge on any atom is -0.335 e. The number of nitrogens with one attached hydrogen (secondary N) is 2. The van der Waals surface area contributed by atoms with E-state index in [2.05, 4.69) is 22.6 Å². The molecule has 2 bridgehead atoms. The molecule has 1 aliphatic carbocycles. The van der Waals surface area contributed by atoms with Crippen molar-refractivity contribution in [3.8, 4) is 0 Å². The van der Waals surface area contributed by atoms with Crippen LogP contribution in [0.1, 0.15) is 50.0 Å². The van der Waals surface area contributed by atoms with Gasteiger partial charge in [0, 0.05) is 30.1 Å². The van der Waals surface area contributed by atoms with Crippen LogP contribution in [-0.2, 0) is 0 Å². The van der Waals surface area contributed by atoms with Crippen molar-refractivity contribution in [2.24, 2.45) is 0 Å². The number of piperidine rings is 2. The predicted octanol–water partition coefficient (Wildman–Crippen LogP) is 3.00. The van der Waals surface area contributed by atoms with Gasteiger partial charge in [0.1, 0.15) is 5.82 Å². The first-order chi connectivity index (χ1) is 11.6. The number of hydrogen-bond donors (Lipinski definition) is 2. The standard InChI is InChI=1S/C19H26FN3O/c1-23-15-6-3-7-16(23)10-14(9-15)21-19(24)22-18-11-17(18)12-4-2-5-13(20)8-12/h2,4-5,8,14-18H,3,6-7,9-11H2,1H3,(H2,21,22,24). The molecule has 130 valence electrons. The third-order valence-corrected chi connectivity index (χ3v) is 6.06. The normalized spacial score (nSPS) is 35.3. The maximum atomic E-state index is 13.3. The number of hydrogen-bond acceptors (Lipinski definition) is 2. The van der Waals surface area contributed by atoms with E-state index in [9.17, 15) is 9.18 Å². The largest absolute Gasteiger partial charge is 0.335 e. The first-order valence-corrected chi connectivity index (χ1v) is 9.14. The molecule has 2 saturated heterocycles. The molecule has 1 aromatic rings. The Balaban J connectivity index is 1.27. The van der Waals surface area contributed by atoms with E-state index in [0.717, 1.165) is 24.8 Å². The fourth-order valence-electron chi connectivity index (χ4n) is 4.59. The third-order valence-electron chi connectivity index (χ3n) is 6.06. The molecule has 3 aliphatic rings. The van der Waals surface area contributed by atoms with Crippen LogP contribution in [0.3, 0.4) is 0 Å². The smallest absolute Gasteiger partial charge is 0.315 e. The fourth-order valence-corrected chi connectivity index (χ4v) is 4.59. The topological polar surface area (TPSA) is 44.4 Å². The number of nitrogens with zero attached hydrogens (tertiary/aromatic N) is 1. The summed E-state index contributed by atoms with van der Waals surface area (Å²) in [6.45, 7) is 0. The van der Waals surface area contributed by atoms with Crippen molar-refractivity contribution in [1.29, 1.82) is 0 Å². The second-order valence-corrected chi connectivity index (χ2v) is 7.69. The van der Waals surface area contributed by atoms with Gasteiger partial charge in [-0.3, -0.25) is 0 Å². The second kappa shape index (κ2) is 6.36. The molecular formula is C19H26FN3O. The van der Waals surface area contributed by atoms with E-state index in [4.69, 9.17) is 0 Å². The highest BCUT2D eigenvalue weighted by Crippen LogP contribution is 2.41. The lowest BCUT2D eigenvalue weighted by Crippen LogP contribution is -2.56. The second-order valence-electron chi connectivity index (χ2n) is 7.69. The van der Waals surface area contributed by atoms with Gasteiger partial charge in [-0.2, -0.15) is 0 Å². The zero-order chi connectivity index (χ0) is 16.7. The molecule has 2 amide bonds. The molecule has 4 rings (SSSR count). The van der Waals surface area contributed by atoms with E-state index in [1.807, 2.05) is 6.07 Å². The number of fused-ring (bicyclic) bond motifs is 2. The van der Waals surface area contributed by atoms with E-state index in [1.165, 1.54) is 25.3 Å². The van der Waals surface area contributed by atoms with Gasteiger partial charge in [-0.25, -0.2) is 9.18 Å². The van der Waals surface area contributed by atoms with Gasteiger partial charge in [0.2, 0.25) is 0 Å². The highest BCUT2D eigenvalue weighted by atomic mass is 19.1. The average molecular weight is 331 g/mol. The number of amides is 2. The van der Waals surface area contributed by atoms with E-state index in [1.54, 1.807) is 12.1 Å². The number of urea groups is 1. The van der Waals surface area contributed by atoms with Crippen molar-refractivity contribution < 1.29 is 9.18 Å². The number of carbonyl (C=O) groups excluding carboxylic acids is 1. The zero-order valence-corrected chi connectivity index (χ0v) is 14.2. The molecule has 4 unspecified atom stereocenters. The summed E-state index contributed by atoms with van der Waals surface area (Å²) < 4.78 is 13.3. The van der Waals surface area contributed by atoms with Crippen LogP contribution in [0.15, 0.2) is 24.3 Å². The Labute approximate surface area is 142 Å². The van der Waals surface area contributed by atoms with Gasteiger partial charge in [0.05, 0.1) is 0 Å². The summed E-state index contributed by atoms with van der Waals surface area (Å²) in [5.74, 6) is 0.0452. The van der Waals surface area contributed by atoms with Crippen LogP contribution in [0, 0.1) is 5.82 Å². The number of benzene rings is 1. The summed E-state index contributed by atoms with van der Waals surface area (Å²) >= 11 is 0. The van der Waals surface area contributed by atoms with Gasteiger partial charge in [-0.05, 0) is 56.8 Å². The first-order valence-electron chi connectivity index (χ1n) is 9.14. The van der Waals surface area contributed by atoms with E-state index >= 15 is 0 Å². The van der Waals surface area contributed by atoms with Crippen molar-refractivity contribution >= 4 is 6.03 Å². The molecule has 4 nitrogen and oxygen atoms in total. The highest BCUT2D eigenvalue weighted by Gasteiger charge is 2.41. The SMILES string of the molecule is CN1C2CCCC1CC(NC(=O)NC1CC1c1cccc(F)c1)C2. The molecular weight excluding hydrogens is 305 g/mol. The van der Waals surface area contributed by atoms with E-state index in [0.29, 0.717) is 12.1 Å². The quantitative estimate of drug-likeness (QED) is 0.894. The predicted molar refractivity (Wildman–Crippen MR) is 91.4 cm³/mol. The summed E-state index contributed by atoms with van der Waals surface area (Å²) in [6.07, 6.45) is 6.82. The lowest BCUT2D eigenvalue weighted by molar-refractivity contribution is 0.0509. The number of carbonyl (C=O) groups is 1. The lowest BCUT2D eigenvalue weighted by atomic mass is 9.82. The highest BCUT2D eigenvalue weighted by molar-refractivity contribution is 5.75. The van der Waals surface area contributed by atoms with Crippen molar-refractivity contribution in [2.45, 2.75) is 68.6 Å². The molecule has 5 heteroatoms. The Morgan fingerprint density at radius 2 is 1.92 bits per heavy atom. The molecule has 2 aliphatic heterocycles. The van der Waals surface area contributed by atoms with Crippen LogP contribution in [0.25, 0.3) is 0 Å². The Kier molecular flexibility index (Phi) is 4.21. The molecule has 0 aromatic heterocycles. The molecule has 2 N–H and O–H groups in total. The first kappa shape index (κ1) is 15.9. The molecule has 2 heterocycles. The van der Waals surface area contributed by atoms with Crippen LogP contribution in [0.5, 0.6) is 0 Å². The summed E-state index contributed by atoms with van der Waals surface area (Å²) in [6, 6.07) is 8.28. The fraction of sp³-hybridized carbons (Fsp3) is 0.632. The van der Waals surface area contributed by atoms with Gasteiger partial charge >= 0.3 is 6.03 Å². The van der Waals surface area contributed by atoms with Crippen LogP contribution in [-0.4, -0.2) is 42.1 Å². The van der Waals surface area contributed by atoms with Crippen LogP contribution < -0.4 is 10.6 Å². The Bertz CT molecular complexity index is 608. The summed E-state index contributed by atoms with van der Waals surface area (Å²) in [5.41, 5.74) is 0.981. The minimum absolute atomic E-state index is 0.0634. The van der Waals surface area contributed by atoms with Crippen molar-refractivity contribution in [2.75, 3.05) is 7.05 Å². The lowest BCUT2D eigenvalue weighted by Gasteiger charge is -2.47. The Hall–Kier alpha value is -1.62. The molecule has 1 aromatic carbocycles. The Morgan fingerprint density at radius 1 is 1.17 bits per heavy atom. The minimum atomic E-state index is -0.208. The average Bonchev–Trinajstić information content (AvgIpc) is 3.27. The summed E-state index contributed by atoms with van der Waals surface area (Å²) in [7, 11) is 2.22. The number of rotatable bonds is 3. The summed E-state index contributed by atoms with van der Waals surface area (Å²) in [5, 5.41) is 6.23. The summed E-state index contributed by atoms with van der Waals surface area (Å²) in [4.78, 5) is 14.8. The third kappa shape index (κ3) is 3.27. The molecule has 0 spiro atoms. The monoisotopic (exact) mass is 331 g/mol. The van der Waals surface area contributed by atoms with E-state index < -0.39 is 0 Å². The van der Waals surface area contributed by atoms with Crippen molar-refractivity contribution in [1.82, 2.24) is 15.5 Å². The van der Waals surface area contributed by atoms with Gasteiger partial charge in [0.15, 0.2) is 0 Å². The zero-order valence-electron chi connectivity index (χ0n) is 14.2. The van der Waals surface area contributed by atoms with Gasteiger partial charge in [-0.15, -0.1) is 0 Å². The van der Waals surface area contributed by atoms with Crippen molar-refractivity contribution in [3.05, 3.63) is 35.6 Å². The van der Waals surface area contributed by atoms with Crippen LogP contribution in [0.4, 0.5) is 9.18 Å². The molecule has 0 radical (unpaired) electrons. The molecule has 24 heavy (non-hydrogen) atoms. The Morgan fingerprint density at radius 3 is 2.62 bits per heavy atom. The van der Waals surface area contributed by atoms with Crippen molar-refractivity contribution in [3.63, 3.8) is 0 Å². The van der Waals surface area contributed by atoms with Gasteiger partial charge < -0.3 is 15.5 Å². The van der Waals surface area contributed by atoms with Crippen LogP contribution in [0.2, 0.25) is 0 Å². The maximum Gasteiger partial charge on any atom is 0.315 e. The molecule has 4 atom stereocenters. The molecule has 1 saturated carbocycles. The number of halogens is 1.